The van der Waals surface area contributed by atoms with Crippen molar-refractivity contribution in [1.29, 1.82) is 0 Å². The first-order chi connectivity index (χ1) is 40.7. The summed E-state index contributed by atoms with van der Waals surface area (Å²) in [4.78, 5) is 31.0. The van der Waals surface area contributed by atoms with Gasteiger partial charge in [0.25, 0.3) is 0 Å². The third kappa shape index (κ3) is 6.97. The Labute approximate surface area is 468 Å². The van der Waals surface area contributed by atoms with Crippen molar-refractivity contribution in [3.63, 3.8) is 0 Å². The molecule has 0 aliphatic heterocycles. The predicted octanol–water partition coefficient (Wildman–Crippen LogP) is 16.7. The van der Waals surface area contributed by atoms with Gasteiger partial charge in [-0.3, -0.25) is 9.13 Å². The van der Waals surface area contributed by atoms with E-state index in [1.165, 1.54) is 0 Å². The molecule has 6 aromatic heterocycles. The highest BCUT2D eigenvalue weighted by Gasteiger charge is 2.25. The lowest BCUT2D eigenvalue weighted by Gasteiger charge is -2.14. The number of benzene rings is 10. The van der Waals surface area contributed by atoms with Crippen LogP contribution in [0.25, 0.3) is 156 Å². The molecule has 0 spiro atoms. The molecule has 0 saturated carbocycles. The zero-order valence-electron chi connectivity index (χ0n) is 43.7. The van der Waals surface area contributed by atoms with E-state index >= 15 is 0 Å². The maximum absolute atomic E-state index is 5.27. The predicted molar refractivity (Wildman–Crippen MR) is 330 cm³/mol. The summed E-state index contributed by atoms with van der Waals surface area (Å²) in [6.45, 7) is 0. The van der Waals surface area contributed by atoms with Crippen LogP contribution in [0.3, 0.4) is 0 Å². The molecule has 17 aromatic rings. The van der Waals surface area contributed by atoms with Crippen LogP contribution in [0.1, 0.15) is 0 Å². The molecule has 17 rings (SSSR count). The summed E-state index contributed by atoms with van der Waals surface area (Å²) < 4.78 is 9.26. The molecule has 6 heterocycles. The Morgan fingerprint density at radius 2 is 0.707 bits per heavy atom. The molecule has 11 aromatic carbocycles. The molecule has 0 aliphatic rings. The Morgan fingerprint density at radius 1 is 0.268 bits per heavy atom. The summed E-state index contributed by atoms with van der Waals surface area (Å²) in [5, 5.41) is 8.93. The lowest BCUT2D eigenvalue weighted by atomic mass is 10.1. The SMILES string of the molecule is c1cccc(-c2nc(-c3ccccc3)nc(-n3c4ccccc4c4cc5c(cc43)c3ccccc3n5-c3cccc(-n4c5ccccc5c5ccc6c(c7ccccc7n6-c6nc(-c7ccccc7)nc(-c7ccccc7)n6)c54)c3)n2)c#1. The second kappa shape index (κ2) is 18.0. The van der Waals surface area contributed by atoms with Gasteiger partial charge in [0.2, 0.25) is 11.9 Å². The van der Waals surface area contributed by atoms with Crippen molar-refractivity contribution in [1.82, 2.24) is 48.2 Å². The minimum Gasteiger partial charge on any atom is -0.309 e. The van der Waals surface area contributed by atoms with Gasteiger partial charge < -0.3 is 9.13 Å². The summed E-state index contributed by atoms with van der Waals surface area (Å²) in [5.74, 6) is 3.38. The zero-order chi connectivity index (χ0) is 53.8. The van der Waals surface area contributed by atoms with Crippen LogP contribution in [-0.2, 0) is 0 Å². The van der Waals surface area contributed by atoms with Gasteiger partial charge in [0.05, 0.1) is 49.7 Å². The molecule has 0 fully saturated rings. The van der Waals surface area contributed by atoms with Crippen LogP contribution in [0.4, 0.5) is 0 Å². The topological polar surface area (TPSA) is 97.1 Å². The number of aromatic nitrogens is 10. The maximum atomic E-state index is 5.27. The van der Waals surface area contributed by atoms with Crippen molar-refractivity contribution in [2.75, 3.05) is 0 Å². The first-order valence-corrected chi connectivity index (χ1v) is 27.3. The fourth-order valence-electron chi connectivity index (χ4n) is 12.4. The van der Waals surface area contributed by atoms with Gasteiger partial charge in [-0.15, -0.1) is 0 Å². The normalized spacial score (nSPS) is 11.8. The zero-order valence-corrected chi connectivity index (χ0v) is 43.7. The van der Waals surface area contributed by atoms with Crippen LogP contribution in [0.15, 0.2) is 255 Å². The molecular formula is C72H42N10. The minimum absolute atomic E-state index is 0.522. The van der Waals surface area contributed by atoms with E-state index < -0.39 is 0 Å². The van der Waals surface area contributed by atoms with E-state index in [9.17, 15) is 0 Å². The van der Waals surface area contributed by atoms with Crippen molar-refractivity contribution in [3.8, 4) is 68.8 Å². The molecule has 380 valence electrons. The Balaban J connectivity index is 0.891. The number of fused-ring (bicyclic) bond motifs is 13. The van der Waals surface area contributed by atoms with Gasteiger partial charge >= 0.3 is 0 Å². The number of rotatable bonds is 8. The van der Waals surface area contributed by atoms with Crippen molar-refractivity contribution < 1.29 is 0 Å². The van der Waals surface area contributed by atoms with Gasteiger partial charge in [-0.05, 0) is 72.8 Å². The summed E-state index contributed by atoms with van der Waals surface area (Å²) in [6.07, 6.45) is 0. The molecule has 82 heavy (non-hydrogen) atoms. The van der Waals surface area contributed by atoms with E-state index in [4.69, 9.17) is 29.9 Å². The van der Waals surface area contributed by atoms with Crippen LogP contribution in [-0.4, -0.2) is 48.2 Å². The molecule has 0 unspecified atom stereocenters. The van der Waals surface area contributed by atoms with E-state index in [-0.39, 0.29) is 0 Å². The third-order valence-corrected chi connectivity index (χ3v) is 15.9. The Kier molecular flexibility index (Phi) is 9.99. The second-order valence-electron chi connectivity index (χ2n) is 20.5. The fourth-order valence-corrected chi connectivity index (χ4v) is 12.4. The molecule has 0 amide bonds. The van der Waals surface area contributed by atoms with Crippen LogP contribution in [0.2, 0.25) is 0 Å². The third-order valence-electron chi connectivity index (χ3n) is 15.9. The van der Waals surface area contributed by atoms with Crippen LogP contribution < -0.4 is 0 Å². The monoisotopic (exact) mass is 1050 g/mol. The summed E-state index contributed by atoms with van der Waals surface area (Å²) >= 11 is 0. The Morgan fingerprint density at radius 3 is 1.27 bits per heavy atom. The van der Waals surface area contributed by atoms with E-state index in [1.807, 2.05) is 84.9 Å². The lowest BCUT2D eigenvalue weighted by molar-refractivity contribution is 0.953. The van der Waals surface area contributed by atoms with Gasteiger partial charge in [-0.25, -0.2) is 9.97 Å². The van der Waals surface area contributed by atoms with E-state index in [0.717, 1.165) is 121 Å². The highest BCUT2D eigenvalue weighted by molar-refractivity contribution is 6.26. The van der Waals surface area contributed by atoms with Gasteiger partial charge in [-0.2, -0.15) is 19.9 Å². The molecule has 0 bridgehead atoms. The maximum Gasteiger partial charge on any atom is 0.238 e. The van der Waals surface area contributed by atoms with Crippen LogP contribution in [0.5, 0.6) is 0 Å². The summed E-state index contributed by atoms with van der Waals surface area (Å²) in [6, 6.07) is 95.2. The lowest BCUT2D eigenvalue weighted by Crippen LogP contribution is -2.06. The van der Waals surface area contributed by atoms with Crippen molar-refractivity contribution in [2.24, 2.45) is 0 Å². The van der Waals surface area contributed by atoms with Crippen LogP contribution >= 0.6 is 0 Å². The van der Waals surface area contributed by atoms with Crippen LogP contribution in [0, 0.1) is 12.1 Å². The van der Waals surface area contributed by atoms with E-state index in [0.29, 0.717) is 35.2 Å². The Bertz CT molecular complexity index is 5270. The Hall–Kier alpha value is -11.5. The molecular weight excluding hydrogens is 1000 g/mol. The highest BCUT2D eigenvalue weighted by atomic mass is 15.2. The second-order valence-corrected chi connectivity index (χ2v) is 20.5. The van der Waals surface area contributed by atoms with Gasteiger partial charge in [0, 0.05) is 71.2 Å². The number of para-hydroxylation sites is 4. The molecule has 10 nitrogen and oxygen atoms in total. The first kappa shape index (κ1) is 45.5. The average Bonchev–Trinajstić information content (AvgIpc) is 4.48. The van der Waals surface area contributed by atoms with Crippen molar-refractivity contribution in [3.05, 3.63) is 267 Å². The summed E-state index contributed by atoms with van der Waals surface area (Å²) in [5.41, 5.74) is 13.9. The van der Waals surface area contributed by atoms with Gasteiger partial charge in [0.1, 0.15) is 0 Å². The first-order valence-electron chi connectivity index (χ1n) is 27.3. The molecule has 0 atom stereocenters. The quantitative estimate of drug-likeness (QED) is 0.150. The number of hydrogen-bond donors (Lipinski definition) is 0. The molecule has 0 aliphatic carbocycles. The van der Waals surface area contributed by atoms with E-state index in [1.54, 1.807) is 0 Å². The summed E-state index contributed by atoms with van der Waals surface area (Å²) in [7, 11) is 0. The van der Waals surface area contributed by atoms with Gasteiger partial charge in [0.15, 0.2) is 23.3 Å². The largest absolute Gasteiger partial charge is 0.309 e. The number of hydrogen-bond acceptors (Lipinski definition) is 6. The van der Waals surface area contributed by atoms with E-state index in [2.05, 4.69) is 200 Å². The molecule has 10 heteroatoms. The fraction of sp³-hybridized carbons (Fsp3) is 0. The average molecular weight is 1050 g/mol. The smallest absolute Gasteiger partial charge is 0.238 e. The molecule has 0 radical (unpaired) electrons. The van der Waals surface area contributed by atoms with Crippen molar-refractivity contribution in [2.45, 2.75) is 0 Å². The minimum atomic E-state index is 0.522. The van der Waals surface area contributed by atoms with Gasteiger partial charge in [-0.1, -0.05) is 194 Å². The van der Waals surface area contributed by atoms with Crippen molar-refractivity contribution >= 4 is 87.2 Å². The number of nitrogens with zero attached hydrogens (tertiary/aromatic N) is 10. The standard InChI is InChI=1S/C72H42N10/c1-5-22-45(23-6-1)67-73-68(46-24-7-2-8-25-46)76-71(75-67)81-61-39-20-16-35-55(61)65-62(81)41-40-54-51-32-13-18-37-59(51)80(66(54)65)50-31-21-30-49(42-50)79-58-36-17-14-33-52(58)56-44-64-57(43-63(56)79)53-34-15-19-38-60(53)82(64)72-77-69(47-26-9-3-10-27-47)74-70(78-72)48-28-11-4-12-29-48/h1-11,13-28,30-44H. The highest BCUT2D eigenvalue weighted by Crippen LogP contribution is 2.44. The molecule has 0 saturated heterocycles. The molecule has 0 N–H and O–H groups in total.